The molecule has 2 aliphatic rings. The predicted octanol–water partition coefficient (Wildman–Crippen LogP) is 6.22. The van der Waals surface area contributed by atoms with E-state index in [0.29, 0.717) is 17.7 Å². The minimum absolute atomic E-state index is 0.0412. The third kappa shape index (κ3) is 3.07. The van der Waals surface area contributed by atoms with E-state index in [-0.39, 0.29) is 29.8 Å². The molecule has 4 nitrogen and oxygen atoms in total. The first-order valence-corrected chi connectivity index (χ1v) is 12.4. The molecule has 3 aromatic rings. The van der Waals surface area contributed by atoms with Gasteiger partial charge in [-0.2, -0.15) is 0 Å². The first-order valence-electron chi connectivity index (χ1n) is 11.3. The average molecular weight is 569 g/mol. The first kappa shape index (κ1) is 23.0. The Hall–Kier alpha value is -2.74. The van der Waals surface area contributed by atoms with Crippen molar-refractivity contribution in [1.29, 1.82) is 0 Å². The molecule has 0 aromatic heterocycles. The van der Waals surface area contributed by atoms with Crippen molar-refractivity contribution in [3.8, 4) is 0 Å². The SMILES string of the molecule is Cc1c(CN2C(=O)C3(CC3(c3ccc(I)cc3)C(C)C)c3cc(F)ccc32)cccc1C(=O)O. The molecule has 0 bridgehead atoms. The van der Waals surface area contributed by atoms with Gasteiger partial charge in [0.15, 0.2) is 0 Å². The summed E-state index contributed by atoms with van der Waals surface area (Å²) >= 11 is 2.27. The highest BCUT2D eigenvalue weighted by Crippen LogP contribution is 2.73. The van der Waals surface area contributed by atoms with Crippen LogP contribution >= 0.6 is 22.6 Å². The van der Waals surface area contributed by atoms with Crippen molar-refractivity contribution in [2.24, 2.45) is 5.92 Å². The summed E-state index contributed by atoms with van der Waals surface area (Å²) in [5.41, 5.74) is 2.91. The van der Waals surface area contributed by atoms with Crippen molar-refractivity contribution in [2.75, 3.05) is 4.90 Å². The van der Waals surface area contributed by atoms with Crippen LogP contribution in [0.1, 0.15) is 52.9 Å². The molecule has 1 spiro atoms. The maximum absolute atomic E-state index is 14.5. The van der Waals surface area contributed by atoms with E-state index in [1.807, 2.05) is 6.07 Å². The Morgan fingerprint density at radius 2 is 1.85 bits per heavy atom. The minimum atomic E-state index is -0.995. The van der Waals surface area contributed by atoms with Gasteiger partial charge in [0.25, 0.3) is 0 Å². The van der Waals surface area contributed by atoms with Crippen molar-refractivity contribution in [3.63, 3.8) is 0 Å². The Labute approximate surface area is 211 Å². The van der Waals surface area contributed by atoms with Gasteiger partial charge < -0.3 is 10.0 Å². The summed E-state index contributed by atoms with van der Waals surface area (Å²) in [7, 11) is 0. The van der Waals surface area contributed by atoms with Crippen molar-refractivity contribution in [3.05, 3.63) is 97.9 Å². The number of anilines is 1. The monoisotopic (exact) mass is 569 g/mol. The number of fused-ring (bicyclic) bond motifs is 2. The Morgan fingerprint density at radius 1 is 1.15 bits per heavy atom. The second-order valence-electron chi connectivity index (χ2n) is 9.66. The van der Waals surface area contributed by atoms with Crippen molar-refractivity contribution in [1.82, 2.24) is 0 Å². The van der Waals surface area contributed by atoms with Crippen molar-refractivity contribution < 1.29 is 19.1 Å². The molecule has 1 aliphatic carbocycles. The van der Waals surface area contributed by atoms with Crippen LogP contribution in [0.4, 0.5) is 10.1 Å². The number of aromatic carboxylic acids is 1. The molecule has 1 N–H and O–H groups in total. The van der Waals surface area contributed by atoms with Gasteiger partial charge in [-0.3, -0.25) is 4.79 Å². The highest BCUT2D eigenvalue weighted by Gasteiger charge is 2.77. The number of halogens is 2. The normalized spacial score (nSPS) is 23.0. The van der Waals surface area contributed by atoms with Gasteiger partial charge in [-0.05, 0) is 101 Å². The summed E-state index contributed by atoms with van der Waals surface area (Å²) in [6.45, 7) is 6.26. The lowest BCUT2D eigenvalue weighted by Crippen LogP contribution is -2.38. The van der Waals surface area contributed by atoms with Crippen LogP contribution in [0.2, 0.25) is 0 Å². The van der Waals surface area contributed by atoms with Gasteiger partial charge >= 0.3 is 5.97 Å². The molecule has 1 aliphatic heterocycles. The quantitative estimate of drug-likeness (QED) is 0.372. The van der Waals surface area contributed by atoms with Gasteiger partial charge in [-0.15, -0.1) is 0 Å². The van der Waals surface area contributed by atoms with E-state index in [4.69, 9.17) is 0 Å². The lowest BCUT2D eigenvalue weighted by molar-refractivity contribution is -0.121. The standard InChI is InChI=1S/C28H25FINO3/c1-16(2)27(19-7-10-21(30)11-8-19)15-28(27)23-13-20(29)9-12-24(23)31(26(28)34)14-18-5-4-6-22(17(18)3)25(32)33/h4-13,16H,14-15H2,1-3H3,(H,32,33). The van der Waals surface area contributed by atoms with Gasteiger partial charge in [0.2, 0.25) is 5.91 Å². The fourth-order valence-electron chi connectivity index (χ4n) is 6.06. The zero-order valence-electron chi connectivity index (χ0n) is 19.2. The number of hydrogen-bond acceptors (Lipinski definition) is 2. The highest BCUT2D eigenvalue weighted by atomic mass is 127. The number of carboxylic acid groups (broad SMARTS) is 1. The number of rotatable bonds is 5. The Bertz CT molecular complexity index is 1340. The average Bonchev–Trinajstić information content (AvgIpc) is 3.46. The van der Waals surface area contributed by atoms with Crippen molar-refractivity contribution >= 4 is 40.2 Å². The number of hydrogen-bond donors (Lipinski definition) is 1. The zero-order chi connectivity index (χ0) is 24.4. The van der Waals surface area contributed by atoms with Crippen molar-refractivity contribution in [2.45, 2.75) is 44.6 Å². The van der Waals surface area contributed by atoms with Gasteiger partial charge in [0, 0.05) is 14.7 Å². The minimum Gasteiger partial charge on any atom is -0.478 e. The van der Waals surface area contributed by atoms with Crippen LogP contribution < -0.4 is 4.90 Å². The maximum atomic E-state index is 14.5. The topological polar surface area (TPSA) is 57.6 Å². The number of benzene rings is 3. The highest BCUT2D eigenvalue weighted by molar-refractivity contribution is 14.1. The zero-order valence-corrected chi connectivity index (χ0v) is 21.4. The summed E-state index contributed by atoms with van der Waals surface area (Å²) in [4.78, 5) is 27.6. The maximum Gasteiger partial charge on any atom is 0.335 e. The third-order valence-corrected chi connectivity index (χ3v) is 8.57. The molecule has 1 saturated carbocycles. The summed E-state index contributed by atoms with van der Waals surface area (Å²) in [6.07, 6.45) is 0.623. The molecule has 2 unspecified atom stereocenters. The first-order chi connectivity index (χ1) is 16.1. The molecule has 1 amide bonds. The predicted molar refractivity (Wildman–Crippen MR) is 138 cm³/mol. The second kappa shape index (κ2) is 7.90. The van der Waals surface area contributed by atoms with Crippen LogP contribution in [-0.2, 0) is 22.2 Å². The van der Waals surface area contributed by atoms with E-state index in [1.165, 1.54) is 12.1 Å². The van der Waals surface area contributed by atoms with Crippen LogP contribution in [-0.4, -0.2) is 17.0 Å². The molecule has 34 heavy (non-hydrogen) atoms. The molecule has 5 rings (SSSR count). The molecule has 0 radical (unpaired) electrons. The summed E-state index contributed by atoms with van der Waals surface area (Å²) in [5, 5.41) is 9.54. The lowest BCUT2D eigenvalue weighted by Gasteiger charge is -2.27. The number of carbonyl (C=O) groups is 2. The Morgan fingerprint density at radius 3 is 2.50 bits per heavy atom. The van der Waals surface area contributed by atoms with Crippen LogP contribution in [0.25, 0.3) is 0 Å². The second-order valence-corrected chi connectivity index (χ2v) is 10.9. The van der Waals surface area contributed by atoms with E-state index < -0.39 is 16.8 Å². The van der Waals surface area contributed by atoms with E-state index in [0.717, 1.165) is 20.3 Å². The Balaban J connectivity index is 1.65. The molecular weight excluding hydrogens is 544 g/mol. The third-order valence-electron chi connectivity index (χ3n) is 7.85. The molecular formula is C28H25FINO3. The van der Waals surface area contributed by atoms with E-state index >= 15 is 0 Å². The summed E-state index contributed by atoms with van der Waals surface area (Å²) in [6, 6.07) is 18.0. The molecule has 1 fully saturated rings. The number of nitrogens with zero attached hydrogens (tertiary/aromatic N) is 1. The number of carboxylic acids is 1. The number of carbonyl (C=O) groups excluding carboxylic acids is 1. The van der Waals surface area contributed by atoms with Crippen LogP contribution in [0, 0.1) is 22.2 Å². The van der Waals surface area contributed by atoms with Gasteiger partial charge in [-0.25, -0.2) is 9.18 Å². The molecule has 1 heterocycles. The van der Waals surface area contributed by atoms with Gasteiger partial charge in [0.1, 0.15) is 5.82 Å². The fraction of sp³-hybridized carbons (Fsp3) is 0.286. The van der Waals surface area contributed by atoms with E-state index in [9.17, 15) is 19.1 Å². The fourth-order valence-corrected chi connectivity index (χ4v) is 6.42. The number of amides is 1. The molecule has 0 saturated heterocycles. The Kier molecular flexibility index (Phi) is 5.35. The largest absolute Gasteiger partial charge is 0.478 e. The molecule has 2 atom stereocenters. The molecule has 174 valence electrons. The van der Waals surface area contributed by atoms with Crippen LogP contribution in [0.15, 0.2) is 60.7 Å². The van der Waals surface area contributed by atoms with E-state index in [2.05, 4.69) is 60.7 Å². The van der Waals surface area contributed by atoms with Gasteiger partial charge in [0.05, 0.1) is 17.5 Å². The van der Waals surface area contributed by atoms with Gasteiger partial charge in [-0.1, -0.05) is 38.1 Å². The molecule has 3 aromatic carbocycles. The molecule has 6 heteroatoms. The lowest BCUT2D eigenvalue weighted by atomic mass is 9.75. The van der Waals surface area contributed by atoms with Crippen LogP contribution in [0.3, 0.4) is 0 Å². The summed E-state index contributed by atoms with van der Waals surface area (Å²) < 4.78 is 15.7. The van der Waals surface area contributed by atoms with Crippen LogP contribution in [0.5, 0.6) is 0 Å². The van der Waals surface area contributed by atoms with E-state index in [1.54, 1.807) is 30.0 Å². The summed E-state index contributed by atoms with van der Waals surface area (Å²) in [5.74, 6) is -1.24. The smallest absolute Gasteiger partial charge is 0.335 e.